The molecule has 2 atom stereocenters. The maximum atomic E-state index is 12.5. The Morgan fingerprint density at radius 3 is 1.16 bits per heavy atom. The summed E-state index contributed by atoms with van der Waals surface area (Å²) in [6.07, 6.45) is 70.2. The number of aliphatic hydroxyl groups is 2. The fraction of sp³-hybridized carbons (Fsp3) is 0.869. The van der Waals surface area contributed by atoms with Crippen molar-refractivity contribution in [1.29, 1.82) is 0 Å². The summed E-state index contributed by atoms with van der Waals surface area (Å²) in [6, 6.07) is -0.643. The fourth-order valence-corrected chi connectivity index (χ4v) is 9.08. The van der Waals surface area contributed by atoms with E-state index in [0.29, 0.717) is 19.4 Å². The van der Waals surface area contributed by atoms with E-state index in [-0.39, 0.29) is 18.5 Å². The second-order valence-corrected chi connectivity index (χ2v) is 20.3. The van der Waals surface area contributed by atoms with E-state index in [1.54, 1.807) is 6.08 Å². The summed E-state index contributed by atoms with van der Waals surface area (Å²) >= 11 is 0. The van der Waals surface area contributed by atoms with Gasteiger partial charge >= 0.3 is 5.97 Å². The van der Waals surface area contributed by atoms with E-state index in [9.17, 15) is 19.8 Å². The smallest absolute Gasteiger partial charge is 0.305 e. The summed E-state index contributed by atoms with van der Waals surface area (Å²) in [5.74, 6) is -0.104. The van der Waals surface area contributed by atoms with Gasteiger partial charge in [0.15, 0.2) is 0 Å². The van der Waals surface area contributed by atoms with Crippen molar-refractivity contribution >= 4 is 11.9 Å². The molecule has 0 rings (SSSR count). The lowest BCUT2D eigenvalue weighted by molar-refractivity contribution is -0.143. The van der Waals surface area contributed by atoms with E-state index < -0.39 is 12.1 Å². The first-order chi connectivity index (χ1) is 33.0. The van der Waals surface area contributed by atoms with E-state index in [0.717, 1.165) is 64.2 Å². The highest BCUT2D eigenvalue weighted by atomic mass is 16.5. The number of carbonyl (C=O) groups excluding carboxylic acids is 2. The fourth-order valence-electron chi connectivity index (χ4n) is 9.08. The minimum absolute atomic E-state index is 0.0188. The number of amides is 1. The lowest BCUT2D eigenvalue weighted by Gasteiger charge is -2.20. The highest BCUT2D eigenvalue weighted by Crippen LogP contribution is 2.17. The quantitative estimate of drug-likeness (QED) is 0.0321. The molecule has 3 N–H and O–H groups in total. The van der Waals surface area contributed by atoms with Crippen LogP contribution in [0.5, 0.6) is 0 Å². The molecule has 0 saturated heterocycles. The van der Waals surface area contributed by atoms with Crippen molar-refractivity contribution in [1.82, 2.24) is 5.32 Å². The molecule has 2 unspecified atom stereocenters. The Hall–Kier alpha value is -1.92. The molecule has 0 aromatic heterocycles. The van der Waals surface area contributed by atoms with Gasteiger partial charge in [-0.15, -0.1) is 0 Å². The SMILES string of the molecule is CCCCC/C=C\C/C=C\CCCCCCCCCCCC(=O)OCCCCCCCCCCCCCC(=O)NC(CO)C(O)/C=C/CCCCCCCCCCCCCCCCCCCC. The van der Waals surface area contributed by atoms with Crippen LogP contribution in [0.15, 0.2) is 36.5 Å². The van der Waals surface area contributed by atoms with Gasteiger partial charge in [0, 0.05) is 12.8 Å². The molecule has 0 aliphatic carbocycles. The summed E-state index contributed by atoms with van der Waals surface area (Å²) in [6.45, 7) is 4.85. The Labute approximate surface area is 417 Å². The number of aliphatic hydroxyl groups excluding tert-OH is 2. The molecule has 0 heterocycles. The first-order valence-electron chi connectivity index (χ1n) is 29.8. The van der Waals surface area contributed by atoms with Gasteiger partial charge in [0.25, 0.3) is 0 Å². The van der Waals surface area contributed by atoms with Crippen LogP contribution in [-0.2, 0) is 14.3 Å². The number of rotatable bonds is 55. The van der Waals surface area contributed by atoms with Gasteiger partial charge in [0.2, 0.25) is 5.91 Å². The molecule has 394 valence electrons. The third-order valence-corrected chi connectivity index (χ3v) is 13.7. The molecule has 1 amide bonds. The van der Waals surface area contributed by atoms with Crippen molar-refractivity contribution in [2.24, 2.45) is 0 Å². The van der Waals surface area contributed by atoms with Gasteiger partial charge in [0.1, 0.15) is 0 Å². The van der Waals surface area contributed by atoms with Gasteiger partial charge in [0.05, 0.1) is 25.4 Å². The highest BCUT2D eigenvalue weighted by molar-refractivity contribution is 5.76. The lowest BCUT2D eigenvalue weighted by Crippen LogP contribution is -2.45. The molecule has 0 aromatic rings. The number of ether oxygens (including phenoxy) is 1. The zero-order valence-corrected chi connectivity index (χ0v) is 44.9. The number of nitrogens with one attached hydrogen (secondary N) is 1. The zero-order chi connectivity index (χ0) is 48.6. The number of unbranched alkanes of at least 4 members (excludes halogenated alkanes) is 40. The average Bonchev–Trinajstić information content (AvgIpc) is 3.33. The highest BCUT2D eigenvalue weighted by Gasteiger charge is 2.18. The van der Waals surface area contributed by atoms with Crippen LogP contribution in [0.1, 0.15) is 316 Å². The van der Waals surface area contributed by atoms with Crippen LogP contribution in [-0.4, -0.2) is 47.4 Å². The van der Waals surface area contributed by atoms with Crippen LogP contribution >= 0.6 is 0 Å². The third-order valence-electron chi connectivity index (χ3n) is 13.7. The van der Waals surface area contributed by atoms with Crippen molar-refractivity contribution in [3.8, 4) is 0 Å². The van der Waals surface area contributed by atoms with Crippen LogP contribution in [0.25, 0.3) is 0 Å². The maximum absolute atomic E-state index is 12.5. The first-order valence-corrected chi connectivity index (χ1v) is 29.8. The number of allylic oxidation sites excluding steroid dienone is 5. The van der Waals surface area contributed by atoms with E-state index in [1.165, 1.54) is 225 Å². The zero-order valence-electron chi connectivity index (χ0n) is 44.9. The topological polar surface area (TPSA) is 95.9 Å². The van der Waals surface area contributed by atoms with Crippen molar-refractivity contribution in [2.75, 3.05) is 13.2 Å². The minimum atomic E-state index is -0.858. The standard InChI is InChI=1S/C61H115NO5/c1-3-5-7-9-11-13-15-17-19-21-23-25-26-28-30-33-37-41-45-49-53-59(64)58(57-63)62-60(65)54-50-46-42-38-34-32-36-40-44-48-52-56-67-61(66)55-51-47-43-39-35-31-29-27-24-22-20-18-16-14-12-10-8-6-4-2/h12,14,18,20,49,53,58-59,63-64H,3-11,13,15-17,19,21-48,50-52,54-57H2,1-2H3,(H,62,65)/b14-12-,20-18-,53-49+. The van der Waals surface area contributed by atoms with Crippen molar-refractivity contribution in [3.63, 3.8) is 0 Å². The number of esters is 1. The first kappa shape index (κ1) is 65.1. The van der Waals surface area contributed by atoms with Gasteiger partial charge in [-0.2, -0.15) is 0 Å². The normalized spacial score (nSPS) is 12.8. The number of hydrogen-bond acceptors (Lipinski definition) is 5. The molecule has 0 aliphatic heterocycles. The predicted molar refractivity (Wildman–Crippen MR) is 292 cm³/mol. The van der Waals surface area contributed by atoms with Crippen LogP contribution in [0.3, 0.4) is 0 Å². The molecule has 67 heavy (non-hydrogen) atoms. The molecule has 0 fully saturated rings. The number of hydrogen-bond donors (Lipinski definition) is 3. The van der Waals surface area contributed by atoms with E-state index in [2.05, 4.69) is 43.5 Å². The van der Waals surface area contributed by atoms with Crippen LogP contribution in [0, 0.1) is 0 Å². The summed E-state index contributed by atoms with van der Waals surface area (Å²) in [5, 5.41) is 23.2. The monoisotopic (exact) mass is 942 g/mol. The molecule has 0 aromatic carbocycles. The Balaban J connectivity index is 3.49. The van der Waals surface area contributed by atoms with E-state index >= 15 is 0 Å². The van der Waals surface area contributed by atoms with E-state index in [1.807, 2.05) is 6.08 Å². The molecule has 0 saturated carbocycles. The van der Waals surface area contributed by atoms with Gasteiger partial charge in [-0.3, -0.25) is 9.59 Å². The summed E-state index contributed by atoms with van der Waals surface area (Å²) in [5.41, 5.74) is 0. The molecule has 0 bridgehead atoms. The summed E-state index contributed by atoms with van der Waals surface area (Å²) in [7, 11) is 0. The van der Waals surface area contributed by atoms with Gasteiger partial charge in [-0.1, -0.05) is 275 Å². The second kappa shape index (κ2) is 56.7. The van der Waals surface area contributed by atoms with Crippen LogP contribution in [0.4, 0.5) is 0 Å². The maximum Gasteiger partial charge on any atom is 0.305 e. The summed E-state index contributed by atoms with van der Waals surface area (Å²) < 4.78 is 5.48. The molecule has 0 aliphatic rings. The van der Waals surface area contributed by atoms with Crippen molar-refractivity contribution < 1.29 is 24.5 Å². The van der Waals surface area contributed by atoms with Crippen LogP contribution < -0.4 is 5.32 Å². The Morgan fingerprint density at radius 2 is 0.746 bits per heavy atom. The average molecular weight is 943 g/mol. The second-order valence-electron chi connectivity index (χ2n) is 20.3. The third kappa shape index (κ3) is 53.3. The molecular formula is C61H115NO5. The molecular weight excluding hydrogens is 827 g/mol. The Bertz CT molecular complexity index is 1090. The molecule has 6 heteroatoms. The molecule has 0 radical (unpaired) electrons. The van der Waals surface area contributed by atoms with Gasteiger partial charge < -0.3 is 20.3 Å². The predicted octanol–water partition coefficient (Wildman–Crippen LogP) is 18.4. The van der Waals surface area contributed by atoms with Crippen LogP contribution in [0.2, 0.25) is 0 Å². The Kier molecular flexibility index (Phi) is 55.0. The Morgan fingerprint density at radius 1 is 0.418 bits per heavy atom. The summed E-state index contributed by atoms with van der Waals surface area (Å²) in [4.78, 5) is 24.6. The van der Waals surface area contributed by atoms with Crippen molar-refractivity contribution in [2.45, 2.75) is 328 Å². The van der Waals surface area contributed by atoms with Crippen molar-refractivity contribution in [3.05, 3.63) is 36.5 Å². The molecule has 6 nitrogen and oxygen atoms in total. The molecule has 0 spiro atoms. The van der Waals surface area contributed by atoms with Gasteiger partial charge in [-0.05, 0) is 64.2 Å². The van der Waals surface area contributed by atoms with E-state index in [4.69, 9.17) is 4.74 Å². The minimum Gasteiger partial charge on any atom is -0.466 e. The number of carbonyl (C=O) groups is 2. The largest absolute Gasteiger partial charge is 0.466 e. The lowest BCUT2D eigenvalue weighted by atomic mass is 10.0. The van der Waals surface area contributed by atoms with Gasteiger partial charge in [-0.25, -0.2) is 0 Å².